The maximum Gasteiger partial charge on any atom is 0.137 e. The minimum absolute atomic E-state index is 0.287. The van der Waals surface area contributed by atoms with Crippen LogP contribution < -0.4 is 10.2 Å². The molecule has 0 aliphatic carbocycles. The Hall–Kier alpha value is -1.36. The van der Waals surface area contributed by atoms with E-state index in [0.717, 1.165) is 42.5 Å². The molecule has 1 atom stereocenters. The topological polar surface area (TPSA) is 61.3 Å². The normalized spacial score (nSPS) is 22.6. The van der Waals surface area contributed by atoms with E-state index in [-0.39, 0.29) is 5.92 Å². The number of β-amino-alcohol motifs (C(OH)–C–C–N with tert-alkyl or cyclic N) is 1. The summed E-state index contributed by atoms with van der Waals surface area (Å²) in [6, 6.07) is 0. The maximum absolute atomic E-state index is 10.2. The Balaban J connectivity index is 2.40. The van der Waals surface area contributed by atoms with Gasteiger partial charge >= 0.3 is 0 Å². The molecule has 0 amide bonds. The van der Waals surface area contributed by atoms with Gasteiger partial charge in [-0.2, -0.15) is 0 Å². The molecule has 1 aromatic heterocycles. The van der Waals surface area contributed by atoms with Gasteiger partial charge in [-0.3, -0.25) is 0 Å². The van der Waals surface area contributed by atoms with Gasteiger partial charge in [-0.1, -0.05) is 13.8 Å². The molecule has 1 unspecified atom stereocenters. The Morgan fingerprint density at radius 1 is 1.40 bits per heavy atom. The Morgan fingerprint density at radius 3 is 2.60 bits per heavy atom. The van der Waals surface area contributed by atoms with Gasteiger partial charge in [0.2, 0.25) is 0 Å². The van der Waals surface area contributed by atoms with Gasteiger partial charge in [0, 0.05) is 31.1 Å². The molecule has 1 aromatic rings. The number of anilines is 2. The monoisotopic (exact) mass is 278 g/mol. The van der Waals surface area contributed by atoms with E-state index >= 15 is 0 Å². The maximum atomic E-state index is 10.2. The number of rotatable bonds is 4. The molecule has 0 radical (unpaired) electrons. The van der Waals surface area contributed by atoms with Crippen LogP contribution in [0.25, 0.3) is 0 Å². The van der Waals surface area contributed by atoms with Crippen molar-refractivity contribution in [2.24, 2.45) is 0 Å². The number of aromatic nitrogens is 2. The lowest BCUT2D eigenvalue weighted by Gasteiger charge is -2.24. The van der Waals surface area contributed by atoms with Crippen LogP contribution in [0.3, 0.4) is 0 Å². The molecule has 5 nitrogen and oxygen atoms in total. The lowest BCUT2D eigenvalue weighted by Crippen LogP contribution is -2.31. The molecule has 0 bridgehead atoms. The van der Waals surface area contributed by atoms with Crippen molar-refractivity contribution < 1.29 is 5.11 Å². The second kappa shape index (κ2) is 5.56. The van der Waals surface area contributed by atoms with Crippen LogP contribution in [-0.2, 0) is 0 Å². The first-order valence-corrected chi connectivity index (χ1v) is 7.44. The van der Waals surface area contributed by atoms with Crippen LogP contribution in [0.2, 0.25) is 0 Å². The molecule has 1 aliphatic rings. The van der Waals surface area contributed by atoms with Crippen LogP contribution in [0.4, 0.5) is 11.6 Å². The van der Waals surface area contributed by atoms with Gasteiger partial charge in [0.25, 0.3) is 0 Å². The van der Waals surface area contributed by atoms with Gasteiger partial charge in [-0.15, -0.1) is 0 Å². The molecule has 5 heteroatoms. The predicted molar refractivity (Wildman–Crippen MR) is 82.5 cm³/mol. The molecule has 0 spiro atoms. The Bertz CT molecular complexity index is 485. The van der Waals surface area contributed by atoms with E-state index in [1.54, 1.807) is 0 Å². The third-order valence-electron chi connectivity index (χ3n) is 3.75. The first-order valence-electron chi connectivity index (χ1n) is 7.44. The summed E-state index contributed by atoms with van der Waals surface area (Å²) in [6.07, 6.45) is 0.782. The van der Waals surface area contributed by atoms with Crippen molar-refractivity contribution in [2.45, 2.75) is 52.6 Å². The Kier molecular flexibility index (Phi) is 4.18. The van der Waals surface area contributed by atoms with Crippen molar-refractivity contribution in [3.05, 3.63) is 11.4 Å². The third kappa shape index (κ3) is 3.03. The molecule has 0 aromatic carbocycles. The molecule has 2 heterocycles. The molecule has 20 heavy (non-hydrogen) atoms. The Labute approximate surface area is 121 Å². The van der Waals surface area contributed by atoms with Crippen molar-refractivity contribution in [2.75, 3.05) is 29.9 Å². The minimum Gasteiger partial charge on any atom is -0.388 e. The predicted octanol–water partition coefficient (Wildman–Crippen LogP) is 2.30. The lowest BCUT2D eigenvalue weighted by molar-refractivity contribution is 0.0839. The summed E-state index contributed by atoms with van der Waals surface area (Å²) in [6.45, 7) is 12.5. The van der Waals surface area contributed by atoms with Crippen LogP contribution in [0.1, 0.15) is 51.4 Å². The van der Waals surface area contributed by atoms with Crippen LogP contribution in [-0.4, -0.2) is 40.3 Å². The third-order valence-corrected chi connectivity index (χ3v) is 3.75. The van der Waals surface area contributed by atoms with E-state index in [0.29, 0.717) is 6.54 Å². The zero-order valence-corrected chi connectivity index (χ0v) is 13.2. The SMILES string of the molecule is CCNc1nc(C(C)C)nc(N2CCC(C)(O)C2)c1C. The summed E-state index contributed by atoms with van der Waals surface area (Å²) in [5, 5.41) is 13.5. The van der Waals surface area contributed by atoms with Gasteiger partial charge in [0.1, 0.15) is 17.5 Å². The number of aliphatic hydroxyl groups is 1. The highest BCUT2D eigenvalue weighted by molar-refractivity contribution is 5.59. The van der Waals surface area contributed by atoms with Crippen molar-refractivity contribution >= 4 is 11.6 Å². The summed E-state index contributed by atoms with van der Waals surface area (Å²) in [5.41, 5.74) is 0.447. The molecular weight excluding hydrogens is 252 g/mol. The fraction of sp³-hybridized carbons (Fsp3) is 0.733. The fourth-order valence-corrected chi connectivity index (χ4v) is 2.55. The number of hydrogen-bond donors (Lipinski definition) is 2. The molecule has 1 aliphatic heterocycles. The second-order valence-corrected chi connectivity index (χ2v) is 6.23. The molecule has 2 N–H and O–H groups in total. The second-order valence-electron chi connectivity index (χ2n) is 6.23. The highest BCUT2D eigenvalue weighted by atomic mass is 16.3. The summed E-state index contributed by atoms with van der Waals surface area (Å²) >= 11 is 0. The molecular formula is C15H26N4O. The van der Waals surface area contributed by atoms with E-state index in [1.165, 1.54) is 0 Å². The van der Waals surface area contributed by atoms with Crippen molar-refractivity contribution in [1.29, 1.82) is 0 Å². The number of nitrogens with one attached hydrogen (secondary N) is 1. The van der Waals surface area contributed by atoms with Crippen molar-refractivity contribution in [3.63, 3.8) is 0 Å². The van der Waals surface area contributed by atoms with Crippen molar-refractivity contribution in [1.82, 2.24) is 9.97 Å². The number of hydrogen-bond acceptors (Lipinski definition) is 5. The van der Waals surface area contributed by atoms with Crippen molar-refractivity contribution in [3.8, 4) is 0 Å². The average molecular weight is 278 g/mol. The zero-order chi connectivity index (χ0) is 14.9. The summed E-state index contributed by atoms with van der Waals surface area (Å²) < 4.78 is 0. The van der Waals surface area contributed by atoms with E-state index in [9.17, 15) is 5.11 Å². The largest absolute Gasteiger partial charge is 0.388 e. The van der Waals surface area contributed by atoms with Gasteiger partial charge in [-0.25, -0.2) is 9.97 Å². The van der Waals surface area contributed by atoms with Gasteiger partial charge < -0.3 is 15.3 Å². The molecule has 0 saturated carbocycles. The fourth-order valence-electron chi connectivity index (χ4n) is 2.55. The molecule has 1 saturated heterocycles. The summed E-state index contributed by atoms with van der Waals surface area (Å²) in [4.78, 5) is 11.5. The molecule has 2 rings (SSSR count). The summed E-state index contributed by atoms with van der Waals surface area (Å²) in [7, 11) is 0. The van der Waals surface area contributed by atoms with Crippen LogP contribution >= 0.6 is 0 Å². The molecule has 1 fully saturated rings. The number of nitrogens with zero attached hydrogens (tertiary/aromatic N) is 3. The van der Waals surface area contributed by atoms with E-state index in [1.807, 2.05) is 13.8 Å². The standard InChI is InChI=1S/C15H26N4O/c1-6-16-13-11(4)14(18-12(17-13)10(2)3)19-8-7-15(5,20)9-19/h10,20H,6-9H2,1-5H3,(H,16,17,18). The lowest BCUT2D eigenvalue weighted by atomic mass is 10.1. The minimum atomic E-state index is -0.617. The van der Waals surface area contributed by atoms with Gasteiger partial charge in [0.15, 0.2) is 0 Å². The average Bonchev–Trinajstić information content (AvgIpc) is 2.72. The zero-order valence-electron chi connectivity index (χ0n) is 13.2. The van der Waals surface area contributed by atoms with Crippen LogP contribution in [0, 0.1) is 6.92 Å². The first kappa shape index (κ1) is 15.0. The van der Waals surface area contributed by atoms with Crippen LogP contribution in [0.15, 0.2) is 0 Å². The van der Waals surface area contributed by atoms with E-state index < -0.39 is 5.60 Å². The van der Waals surface area contributed by atoms with E-state index in [2.05, 4.69) is 36.0 Å². The first-order chi connectivity index (χ1) is 9.34. The highest BCUT2D eigenvalue weighted by Gasteiger charge is 2.33. The van der Waals surface area contributed by atoms with Gasteiger partial charge in [-0.05, 0) is 27.2 Å². The summed E-state index contributed by atoms with van der Waals surface area (Å²) in [5.74, 6) is 3.01. The van der Waals surface area contributed by atoms with Gasteiger partial charge in [0.05, 0.1) is 5.60 Å². The van der Waals surface area contributed by atoms with Crippen LogP contribution in [0.5, 0.6) is 0 Å². The quantitative estimate of drug-likeness (QED) is 0.885. The molecule has 112 valence electrons. The highest BCUT2D eigenvalue weighted by Crippen LogP contribution is 2.31. The van der Waals surface area contributed by atoms with E-state index in [4.69, 9.17) is 4.98 Å². The smallest absolute Gasteiger partial charge is 0.137 e. The Morgan fingerprint density at radius 2 is 2.10 bits per heavy atom.